The van der Waals surface area contributed by atoms with Crippen LogP contribution in [-0.2, 0) is 11.8 Å². The predicted molar refractivity (Wildman–Crippen MR) is 83.9 cm³/mol. The molecule has 0 bridgehead atoms. The summed E-state index contributed by atoms with van der Waals surface area (Å²) in [6.45, 7) is 12.4. The van der Waals surface area contributed by atoms with Crippen LogP contribution in [0.2, 0.25) is 0 Å². The Kier molecular flexibility index (Phi) is 4.67. The van der Waals surface area contributed by atoms with Crippen molar-refractivity contribution in [1.82, 2.24) is 10.3 Å². The van der Waals surface area contributed by atoms with E-state index in [9.17, 15) is 0 Å². The number of aromatic nitrogens is 1. The van der Waals surface area contributed by atoms with Gasteiger partial charge in [-0.1, -0.05) is 34.6 Å². The predicted octanol–water partition coefficient (Wildman–Crippen LogP) is 4.01. The Labute approximate surface area is 122 Å². The topological polar surface area (TPSA) is 24.9 Å². The number of hydrogen-bond acceptors (Lipinski definition) is 3. The summed E-state index contributed by atoms with van der Waals surface area (Å²) >= 11 is 1.85. The van der Waals surface area contributed by atoms with Crippen LogP contribution in [-0.4, -0.2) is 17.6 Å². The van der Waals surface area contributed by atoms with Crippen molar-refractivity contribution in [2.45, 2.75) is 65.3 Å². The van der Waals surface area contributed by atoms with E-state index in [1.165, 1.54) is 30.0 Å². The standard InChI is InChI=1S/C16H28N2S/c1-6-17-13-8-7-12(11(13)2)9-15-18-14(10-19-15)16(3,4)5/h10-13,17H,6-9H2,1-5H3. The molecule has 0 radical (unpaired) electrons. The van der Waals surface area contributed by atoms with Crippen LogP contribution in [0.5, 0.6) is 0 Å². The van der Waals surface area contributed by atoms with E-state index in [0.29, 0.717) is 0 Å². The van der Waals surface area contributed by atoms with Crippen molar-refractivity contribution >= 4 is 11.3 Å². The van der Waals surface area contributed by atoms with Gasteiger partial charge in [0.2, 0.25) is 0 Å². The molecule has 3 heteroatoms. The summed E-state index contributed by atoms with van der Waals surface area (Å²) in [5.74, 6) is 1.59. The van der Waals surface area contributed by atoms with Gasteiger partial charge in [0.05, 0.1) is 10.7 Å². The molecule has 0 saturated heterocycles. The summed E-state index contributed by atoms with van der Waals surface area (Å²) in [4.78, 5) is 4.85. The number of thiazole rings is 1. The van der Waals surface area contributed by atoms with Gasteiger partial charge < -0.3 is 5.32 Å². The number of nitrogens with one attached hydrogen (secondary N) is 1. The highest BCUT2D eigenvalue weighted by molar-refractivity contribution is 7.09. The Hall–Kier alpha value is -0.410. The lowest BCUT2D eigenvalue weighted by Crippen LogP contribution is -2.32. The van der Waals surface area contributed by atoms with Gasteiger partial charge in [-0.05, 0) is 31.2 Å². The molecule has 2 rings (SSSR count). The van der Waals surface area contributed by atoms with Crippen molar-refractivity contribution in [1.29, 1.82) is 0 Å². The van der Waals surface area contributed by atoms with Crippen molar-refractivity contribution in [2.75, 3.05) is 6.54 Å². The highest BCUT2D eigenvalue weighted by Gasteiger charge is 2.32. The number of nitrogens with zero attached hydrogens (tertiary/aromatic N) is 1. The van der Waals surface area contributed by atoms with Crippen LogP contribution in [0.15, 0.2) is 5.38 Å². The average Bonchev–Trinajstić information content (AvgIpc) is 2.91. The summed E-state index contributed by atoms with van der Waals surface area (Å²) in [5.41, 5.74) is 1.43. The van der Waals surface area contributed by atoms with E-state index in [4.69, 9.17) is 4.98 Å². The van der Waals surface area contributed by atoms with Gasteiger partial charge in [0, 0.05) is 23.3 Å². The molecule has 0 spiro atoms. The SMILES string of the molecule is CCNC1CCC(Cc2nc(C(C)(C)C)cs2)C1C. The van der Waals surface area contributed by atoms with Crippen molar-refractivity contribution in [3.8, 4) is 0 Å². The molecule has 1 aliphatic carbocycles. The zero-order valence-corrected chi connectivity index (χ0v) is 13.8. The fraction of sp³-hybridized carbons (Fsp3) is 0.812. The summed E-state index contributed by atoms with van der Waals surface area (Å²) < 4.78 is 0. The van der Waals surface area contributed by atoms with Crippen LogP contribution in [0.4, 0.5) is 0 Å². The van der Waals surface area contributed by atoms with E-state index in [0.717, 1.165) is 24.4 Å². The molecule has 1 heterocycles. The molecule has 0 aromatic carbocycles. The largest absolute Gasteiger partial charge is 0.314 e. The maximum absolute atomic E-state index is 4.85. The van der Waals surface area contributed by atoms with Gasteiger partial charge in [-0.25, -0.2) is 4.98 Å². The van der Waals surface area contributed by atoms with Crippen LogP contribution in [0.3, 0.4) is 0 Å². The lowest BCUT2D eigenvalue weighted by molar-refractivity contribution is 0.354. The first-order valence-corrected chi connectivity index (χ1v) is 8.48. The van der Waals surface area contributed by atoms with Crippen LogP contribution >= 0.6 is 11.3 Å². The van der Waals surface area contributed by atoms with Crippen molar-refractivity contribution in [3.05, 3.63) is 16.1 Å². The molecule has 3 unspecified atom stereocenters. The van der Waals surface area contributed by atoms with Crippen molar-refractivity contribution in [2.24, 2.45) is 11.8 Å². The van der Waals surface area contributed by atoms with E-state index < -0.39 is 0 Å². The first kappa shape index (κ1) is 15.0. The van der Waals surface area contributed by atoms with Crippen molar-refractivity contribution in [3.63, 3.8) is 0 Å². The third-order valence-corrected chi connectivity index (χ3v) is 5.32. The molecule has 2 nitrogen and oxygen atoms in total. The van der Waals surface area contributed by atoms with Gasteiger partial charge in [-0.3, -0.25) is 0 Å². The molecule has 0 aliphatic heterocycles. The minimum atomic E-state index is 0.183. The molecule has 1 N–H and O–H groups in total. The Morgan fingerprint density at radius 2 is 2.11 bits per heavy atom. The third-order valence-electron chi connectivity index (χ3n) is 4.45. The van der Waals surface area contributed by atoms with E-state index in [2.05, 4.69) is 45.3 Å². The molecule has 108 valence electrons. The smallest absolute Gasteiger partial charge is 0.0931 e. The lowest BCUT2D eigenvalue weighted by Gasteiger charge is -2.20. The maximum Gasteiger partial charge on any atom is 0.0931 e. The van der Waals surface area contributed by atoms with Crippen LogP contribution < -0.4 is 5.32 Å². The van der Waals surface area contributed by atoms with Gasteiger partial charge in [-0.2, -0.15) is 0 Å². The fourth-order valence-electron chi connectivity index (χ4n) is 3.06. The van der Waals surface area contributed by atoms with E-state index in [1.807, 2.05) is 11.3 Å². The van der Waals surface area contributed by atoms with E-state index in [-0.39, 0.29) is 5.41 Å². The number of hydrogen-bond donors (Lipinski definition) is 1. The van der Waals surface area contributed by atoms with Crippen LogP contribution in [0.1, 0.15) is 58.2 Å². The minimum absolute atomic E-state index is 0.183. The minimum Gasteiger partial charge on any atom is -0.314 e. The Balaban J connectivity index is 1.97. The molecule has 1 aromatic heterocycles. The van der Waals surface area contributed by atoms with Gasteiger partial charge in [0.1, 0.15) is 0 Å². The van der Waals surface area contributed by atoms with Gasteiger partial charge in [0.15, 0.2) is 0 Å². The van der Waals surface area contributed by atoms with Gasteiger partial charge in [0.25, 0.3) is 0 Å². The Morgan fingerprint density at radius 3 is 2.68 bits per heavy atom. The van der Waals surface area contributed by atoms with Gasteiger partial charge in [-0.15, -0.1) is 11.3 Å². The molecule has 19 heavy (non-hydrogen) atoms. The molecular weight excluding hydrogens is 252 g/mol. The summed E-state index contributed by atoms with van der Waals surface area (Å²) in [7, 11) is 0. The first-order valence-electron chi connectivity index (χ1n) is 7.60. The molecule has 0 amide bonds. The summed E-state index contributed by atoms with van der Waals surface area (Å²) in [6, 6.07) is 0.719. The second-order valence-electron chi connectivity index (χ2n) is 6.94. The second kappa shape index (κ2) is 5.92. The molecule has 1 saturated carbocycles. The van der Waals surface area contributed by atoms with E-state index in [1.54, 1.807) is 0 Å². The Morgan fingerprint density at radius 1 is 1.37 bits per heavy atom. The first-order chi connectivity index (χ1) is 8.91. The fourth-order valence-corrected chi connectivity index (χ4v) is 4.17. The van der Waals surface area contributed by atoms with Crippen LogP contribution in [0, 0.1) is 11.8 Å². The normalized spacial score (nSPS) is 27.9. The van der Waals surface area contributed by atoms with E-state index >= 15 is 0 Å². The third kappa shape index (κ3) is 3.57. The molecular formula is C16H28N2S. The molecule has 1 fully saturated rings. The average molecular weight is 280 g/mol. The zero-order valence-electron chi connectivity index (χ0n) is 13.0. The maximum atomic E-state index is 4.85. The number of rotatable bonds is 4. The zero-order chi connectivity index (χ0) is 14.0. The molecule has 3 atom stereocenters. The second-order valence-corrected chi connectivity index (χ2v) is 7.88. The monoisotopic (exact) mass is 280 g/mol. The highest BCUT2D eigenvalue weighted by atomic mass is 32.1. The highest BCUT2D eigenvalue weighted by Crippen LogP contribution is 2.35. The summed E-state index contributed by atoms with van der Waals surface area (Å²) in [6.07, 6.45) is 3.85. The van der Waals surface area contributed by atoms with Crippen LogP contribution in [0.25, 0.3) is 0 Å². The Bertz CT molecular complexity index is 405. The van der Waals surface area contributed by atoms with Crippen molar-refractivity contribution < 1.29 is 0 Å². The summed E-state index contributed by atoms with van der Waals surface area (Å²) in [5, 5.41) is 7.20. The van der Waals surface area contributed by atoms with Gasteiger partial charge >= 0.3 is 0 Å². The molecule has 1 aromatic rings. The lowest BCUT2D eigenvalue weighted by atomic mass is 9.92. The quantitative estimate of drug-likeness (QED) is 0.901. The molecule has 1 aliphatic rings.